The van der Waals surface area contributed by atoms with Gasteiger partial charge in [0.1, 0.15) is 5.82 Å². The van der Waals surface area contributed by atoms with Gasteiger partial charge in [0.25, 0.3) is 0 Å². The van der Waals surface area contributed by atoms with Crippen LogP contribution >= 0.6 is 11.6 Å². The van der Waals surface area contributed by atoms with Crippen molar-refractivity contribution in [3.05, 3.63) is 23.4 Å². The maximum atomic E-state index is 6.03. The molecule has 3 nitrogen and oxygen atoms in total. The Kier molecular flexibility index (Phi) is 7.31. The molecule has 0 aliphatic carbocycles. The van der Waals surface area contributed by atoms with Crippen LogP contribution in [0.3, 0.4) is 0 Å². The molecule has 20 heavy (non-hydrogen) atoms. The van der Waals surface area contributed by atoms with Crippen molar-refractivity contribution in [1.82, 2.24) is 9.88 Å². The molecule has 1 aromatic rings. The van der Waals surface area contributed by atoms with Crippen molar-refractivity contribution < 1.29 is 0 Å². The number of anilines is 1. The number of pyridine rings is 1. The van der Waals surface area contributed by atoms with Crippen LogP contribution in [0.4, 0.5) is 5.82 Å². The van der Waals surface area contributed by atoms with E-state index >= 15 is 0 Å². The fourth-order valence-electron chi connectivity index (χ4n) is 2.06. The van der Waals surface area contributed by atoms with Gasteiger partial charge in [-0.1, -0.05) is 20.8 Å². The van der Waals surface area contributed by atoms with Crippen LogP contribution < -0.4 is 4.90 Å². The van der Waals surface area contributed by atoms with Gasteiger partial charge in [0, 0.05) is 31.2 Å². The molecular weight excluding hydrogens is 270 g/mol. The highest BCUT2D eigenvalue weighted by Crippen LogP contribution is 2.21. The Morgan fingerprint density at radius 1 is 1.15 bits per heavy atom. The van der Waals surface area contributed by atoms with E-state index in [1.165, 1.54) is 0 Å². The molecule has 0 amide bonds. The van der Waals surface area contributed by atoms with Gasteiger partial charge in [-0.15, -0.1) is 11.6 Å². The van der Waals surface area contributed by atoms with E-state index in [-0.39, 0.29) is 0 Å². The van der Waals surface area contributed by atoms with E-state index < -0.39 is 0 Å². The Bertz CT molecular complexity index is 405. The average molecular weight is 298 g/mol. The van der Waals surface area contributed by atoms with Crippen molar-refractivity contribution in [1.29, 1.82) is 0 Å². The van der Waals surface area contributed by atoms with E-state index in [4.69, 9.17) is 16.6 Å². The molecule has 0 aromatic carbocycles. The van der Waals surface area contributed by atoms with Gasteiger partial charge in [-0.25, -0.2) is 4.98 Å². The van der Waals surface area contributed by atoms with Crippen LogP contribution in [0.5, 0.6) is 0 Å². The number of rotatable bonds is 8. The lowest BCUT2D eigenvalue weighted by molar-refractivity contribution is 0.412. The first-order valence-corrected chi connectivity index (χ1v) is 7.97. The number of nitrogens with zero attached hydrogens (tertiary/aromatic N) is 3. The summed E-state index contributed by atoms with van der Waals surface area (Å²) in [6, 6.07) is 4.25. The Hall–Kier alpha value is -0.800. The zero-order valence-electron chi connectivity index (χ0n) is 13.5. The average Bonchev–Trinajstić information content (AvgIpc) is 2.42. The van der Waals surface area contributed by atoms with E-state index in [0.717, 1.165) is 43.1 Å². The van der Waals surface area contributed by atoms with Gasteiger partial charge in [-0.2, -0.15) is 0 Å². The molecule has 0 saturated heterocycles. The van der Waals surface area contributed by atoms with E-state index in [0.29, 0.717) is 11.8 Å². The summed E-state index contributed by atoms with van der Waals surface area (Å²) in [5.41, 5.74) is 2.29. The summed E-state index contributed by atoms with van der Waals surface area (Å²) >= 11 is 6.03. The summed E-state index contributed by atoms with van der Waals surface area (Å²) < 4.78 is 0. The quantitative estimate of drug-likeness (QED) is 0.682. The number of alkyl halides is 1. The predicted octanol–water partition coefficient (Wildman–Crippen LogP) is 3.72. The first-order valence-electron chi connectivity index (χ1n) is 7.44. The van der Waals surface area contributed by atoms with Crippen LogP contribution in [0, 0.1) is 0 Å². The molecule has 1 rings (SSSR count). The fourth-order valence-corrected chi connectivity index (χ4v) is 2.22. The predicted molar refractivity (Wildman–Crippen MR) is 88.9 cm³/mol. The molecule has 0 bridgehead atoms. The number of likely N-dealkylation sites (N-methyl/N-ethyl adjacent to an activating group) is 1. The maximum Gasteiger partial charge on any atom is 0.129 e. The maximum absolute atomic E-state index is 6.03. The Morgan fingerprint density at radius 2 is 1.85 bits per heavy atom. The molecule has 1 heterocycles. The number of hydrogen-bond donors (Lipinski definition) is 0. The van der Waals surface area contributed by atoms with Gasteiger partial charge in [0.2, 0.25) is 0 Å². The van der Waals surface area contributed by atoms with Crippen molar-refractivity contribution in [2.45, 2.75) is 39.0 Å². The summed E-state index contributed by atoms with van der Waals surface area (Å²) in [5, 5.41) is 0. The number of hydrogen-bond acceptors (Lipinski definition) is 3. The normalized spacial score (nSPS) is 11.4. The summed E-state index contributed by atoms with van der Waals surface area (Å²) in [6.07, 6.45) is 1.12. The third-order valence-corrected chi connectivity index (χ3v) is 3.58. The monoisotopic (exact) mass is 297 g/mol. The minimum atomic E-state index is 0.425. The van der Waals surface area contributed by atoms with Crippen LogP contribution in [0.2, 0.25) is 0 Å². The van der Waals surface area contributed by atoms with Crippen molar-refractivity contribution in [2.75, 3.05) is 38.6 Å². The van der Waals surface area contributed by atoms with Gasteiger partial charge in [0.15, 0.2) is 0 Å². The standard InChI is InChI=1S/C16H28ClN3/c1-6-7-20(9-8-19(4)5)16-11-14(12-17)10-15(18-16)13(2)3/h10-11,13H,6-9,12H2,1-5H3. The van der Waals surface area contributed by atoms with Gasteiger partial charge in [-0.3, -0.25) is 0 Å². The van der Waals surface area contributed by atoms with Gasteiger partial charge in [-0.05, 0) is 44.1 Å². The highest BCUT2D eigenvalue weighted by atomic mass is 35.5. The molecule has 0 unspecified atom stereocenters. The van der Waals surface area contributed by atoms with Gasteiger partial charge in [0.05, 0.1) is 0 Å². The summed E-state index contributed by atoms with van der Waals surface area (Å²) in [4.78, 5) is 9.40. The Balaban J connectivity index is 3.01. The van der Waals surface area contributed by atoms with Crippen molar-refractivity contribution in [2.24, 2.45) is 0 Å². The Labute approximate surface area is 128 Å². The molecule has 0 spiro atoms. The van der Waals surface area contributed by atoms with Crippen molar-refractivity contribution in [3.8, 4) is 0 Å². The largest absolute Gasteiger partial charge is 0.355 e. The van der Waals surface area contributed by atoms with Gasteiger partial charge < -0.3 is 9.80 Å². The molecule has 0 saturated carbocycles. The molecule has 0 fully saturated rings. The molecule has 4 heteroatoms. The Morgan fingerprint density at radius 3 is 2.35 bits per heavy atom. The second-order valence-corrected chi connectivity index (χ2v) is 6.10. The molecule has 0 atom stereocenters. The molecule has 0 N–H and O–H groups in total. The fraction of sp³-hybridized carbons (Fsp3) is 0.688. The summed E-state index contributed by atoms with van der Waals surface area (Å²) in [7, 11) is 4.21. The molecule has 0 aliphatic heterocycles. The first-order chi connectivity index (χ1) is 9.47. The molecule has 0 aliphatic rings. The zero-order valence-corrected chi connectivity index (χ0v) is 14.2. The second kappa shape index (κ2) is 8.48. The summed E-state index contributed by atoms with van der Waals surface area (Å²) in [6.45, 7) is 9.62. The zero-order chi connectivity index (χ0) is 15.1. The highest BCUT2D eigenvalue weighted by Gasteiger charge is 2.12. The van der Waals surface area contributed by atoms with Crippen LogP contribution in [0.25, 0.3) is 0 Å². The van der Waals surface area contributed by atoms with Crippen molar-refractivity contribution >= 4 is 17.4 Å². The van der Waals surface area contributed by atoms with Crippen LogP contribution in [-0.2, 0) is 5.88 Å². The van der Waals surface area contributed by atoms with Crippen LogP contribution in [-0.4, -0.2) is 43.6 Å². The van der Waals surface area contributed by atoms with E-state index in [2.05, 4.69) is 56.8 Å². The highest BCUT2D eigenvalue weighted by molar-refractivity contribution is 6.17. The van der Waals surface area contributed by atoms with Gasteiger partial charge >= 0.3 is 0 Å². The van der Waals surface area contributed by atoms with Crippen LogP contribution in [0.15, 0.2) is 12.1 Å². The third-order valence-electron chi connectivity index (χ3n) is 3.27. The van der Waals surface area contributed by atoms with E-state index in [9.17, 15) is 0 Å². The molecule has 114 valence electrons. The minimum absolute atomic E-state index is 0.425. The number of aromatic nitrogens is 1. The number of halogens is 1. The molecule has 1 aromatic heterocycles. The lowest BCUT2D eigenvalue weighted by atomic mass is 10.1. The molecular formula is C16H28ClN3. The topological polar surface area (TPSA) is 19.4 Å². The first kappa shape index (κ1) is 17.3. The van der Waals surface area contributed by atoms with E-state index in [1.807, 2.05) is 0 Å². The SMILES string of the molecule is CCCN(CCN(C)C)c1cc(CCl)cc(C(C)C)n1. The third kappa shape index (κ3) is 5.29. The van der Waals surface area contributed by atoms with Crippen LogP contribution in [0.1, 0.15) is 44.4 Å². The lowest BCUT2D eigenvalue weighted by Gasteiger charge is -2.26. The molecule has 0 radical (unpaired) electrons. The van der Waals surface area contributed by atoms with E-state index in [1.54, 1.807) is 0 Å². The summed E-state index contributed by atoms with van der Waals surface area (Å²) in [5.74, 6) is 2.04. The second-order valence-electron chi connectivity index (χ2n) is 5.84. The smallest absolute Gasteiger partial charge is 0.129 e. The lowest BCUT2D eigenvalue weighted by Crippen LogP contribution is -2.33. The van der Waals surface area contributed by atoms with Crippen molar-refractivity contribution in [3.63, 3.8) is 0 Å². The minimum Gasteiger partial charge on any atom is -0.355 e.